The van der Waals surface area contributed by atoms with Crippen molar-refractivity contribution in [2.24, 2.45) is 17.3 Å². The second-order valence-electron chi connectivity index (χ2n) is 5.87. The van der Waals surface area contributed by atoms with E-state index in [9.17, 15) is 13.6 Å². The monoisotopic (exact) mass is 267 g/mol. The largest absolute Gasteiger partial charge is 0.297 e. The van der Waals surface area contributed by atoms with Crippen LogP contribution in [0.25, 0.3) is 0 Å². The van der Waals surface area contributed by atoms with E-state index >= 15 is 0 Å². The zero-order valence-electron chi connectivity index (χ0n) is 10.6. The van der Waals surface area contributed by atoms with E-state index in [1.54, 1.807) is 0 Å². The van der Waals surface area contributed by atoms with E-state index in [2.05, 4.69) is 5.32 Å². The van der Waals surface area contributed by atoms with E-state index in [0.29, 0.717) is 0 Å². The van der Waals surface area contributed by atoms with Gasteiger partial charge >= 0.3 is 0 Å². The summed E-state index contributed by atoms with van der Waals surface area (Å²) in [7, 11) is 0. The van der Waals surface area contributed by atoms with Gasteiger partial charge in [-0.05, 0) is 12.3 Å². The first-order valence-electron chi connectivity index (χ1n) is 5.87. The molecule has 0 bridgehead atoms. The minimum Gasteiger partial charge on any atom is -0.297 e. The molecule has 1 fully saturated rings. The fourth-order valence-corrected chi connectivity index (χ4v) is 2.52. The van der Waals surface area contributed by atoms with Gasteiger partial charge in [0, 0.05) is 11.3 Å². The van der Waals surface area contributed by atoms with Crippen LogP contribution in [0, 0.1) is 17.3 Å². The number of alkyl halides is 3. The first-order chi connectivity index (χ1) is 7.64. The molecular weight excluding hydrogens is 248 g/mol. The number of rotatable bonds is 2. The number of Topliss-reactive ketones (excluding diaryl/α,β-unsaturated/α-hetero) is 1. The maximum Gasteiger partial charge on any atom is 0.244 e. The number of halogens is 3. The molecule has 1 aliphatic rings. The van der Waals surface area contributed by atoms with Crippen LogP contribution in [-0.2, 0) is 4.79 Å². The van der Waals surface area contributed by atoms with Crippen LogP contribution < -0.4 is 5.32 Å². The van der Waals surface area contributed by atoms with E-state index in [0.717, 1.165) is 0 Å². The molecule has 4 unspecified atom stereocenters. The Morgan fingerprint density at radius 1 is 1.41 bits per heavy atom. The zero-order valence-corrected chi connectivity index (χ0v) is 11.4. The lowest BCUT2D eigenvalue weighted by Gasteiger charge is -2.39. The van der Waals surface area contributed by atoms with Gasteiger partial charge in [-0.1, -0.05) is 27.7 Å². The van der Waals surface area contributed by atoms with Crippen molar-refractivity contribution in [3.05, 3.63) is 0 Å². The average Bonchev–Trinajstić information content (AvgIpc) is 2.18. The van der Waals surface area contributed by atoms with Crippen molar-refractivity contribution in [1.82, 2.24) is 5.32 Å². The highest BCUT2D eigenvalue weighted by Gasteiger charge is 2.43. The molecule has 1 rings (SSSR count). The summed E-state index contributed by atoms with van der Waals surface area (Å²) < 4.78 is 25.4. The van der Waals surface area contributed by atoms with Gasteiger partial charge in [0.15, 0.2) is 5.78 Å². The molecule has 0 aromatic rings. The lowest BCUT2D eigenvalue weighted by atomic mass is 9.77. The van der Waals surface area contributed by atoms with Crippen LogP contribution >= 0.6 is 11.6 Å². The first kappa shape index (κ1) is 14.8. The second-order valence-corrected chi connectivity index (χ2v) is 6.34. The Balaban J connectivity index is 2.77. The van der Waals surface area contributed by atoms with E-state index in [1.807, 2.05) is 27.7 Å². The van der Waals surface area contributed by atoms with Crippen molar-refractivity contribution in [1.29, 1.82) is 0 Å². The third kappa shape index (κ3) is 3.38. The molecule has 1 aliphatic heterocycles. The summed E-state index contributed by atoms with van der Waals surface area (Å²) in [6.07, 6.45) is -2.16. The topological polar surface area (TPSA) is 29.1 Å². The number of carbonyl (C=O) groups is 1. The van der Waals surface area contributed by atoms with Crippen LogP contribution in [0.4, 0.5) is 8.78 Å². The van der Waals surface area contributed by atoms with Gasteiger partial charge in [-0.3, -0.25) is 10.1 Å². The van der Waals surface area contributed by atoms with E-state index in [4.69, 9.17) is 11.6 Å². The minimum atomic E-state index is -2.45. The van der Waals surface area contributed by atoms with Crippen molar-refractivity contribution < 1.29 is 13.6 Å². The summed E-state index contributed by atoms with van der Waals surface area (Å²) >= 11 is 5.89. The molecule has 0 aromatic carbocycles. The van der Waals surface area contributed by atoms with Crippen LogP contribution in [0.3, 0.4) is 0 Å². The lowest BCUT2D eigenvalue weighted by Crippen LogP contribution is -2.56. The smallest absolute Gasteiger partial charge is 0.244 e. The van der Waals surface area contributed by atoms with Gasteiger partial charge in [0.1, 0.15) is 0 Å². The molecule has 0 aromatic heterocycles. The Labute approximate surface area is 106 Å². The van der Waals surface area contributed by atoms with Gasteiger partial charge < -0.3 is 0 Å². The van der Waals surface area contributed by atoms with Crippen LogP contribution in [0.15, 0.2) is 0 Å². The molecule has 0 spiro atoms. The van der Waals surface area contributed by atoms with Crippen LogP contribution in [0.2, 0.25) is 0 Å². The van der Waals surface area contributed by atoms with Crippen molar-refractivity contribution in [2.45, 2.75) is 52.1 Å². The lowest BCUT2D eigenvalue weighted by molar-refractivity contribution is -0.131. The Bertz CT molecular complexity index is 291. The summed E-state index contributed by atoms with van der Waals surface area (Å²) in [4.78, 5) is 12.1. The SMILES string of the molecule is CC1CC(C(F)F)C(Cl)NC1C(=O)C(C)(C)C. The van der Waals surface area contributed by atoms with Crippen molar-refractivity contribution in [3.8, 4) is 0 Å². The van der Waals surface area contributed by atoms with Crippen LogP contribution in [0.1, 0.15) is 34.1 Å². The number of nitrogens with one attached hydrogen (secondary N) is 1. The highest BCUT2D eigenvalue weighted by Crippen LogP contribution is 2.34. The van der Waals surface area contributed by atoms with Gasteiger partial charge in [-0.2, -0.15) is 0 Å². The molecule has 1 heterocycles. The number of carbonyl (C=O) groups excluding carboxylic acids is 1. The van der Waals surface area contributed by atoms with Crippen molar-refractivity contribution in [3.63, 3.8) is 0 Å². The third-order valence-electron chi connectivity index (χ3n) is 3.27. The van der Waals surface area contributed by atoms with Crippen molar-refractivity contribution in [2.75, 3.05) is 0 Å². The highest BCUT2D eigenvalue weighted by molar-refractivity contribution is 6.20. The number of hydrogen-bond donors (Lipinski definition) is 1. The number of piperidine rings is 1. The van der Waals surface area contributed by atoms with Gasteiger partial charge in [0.25, 0.3) is 0 Å². The molecule has 0 saturated carbocycles. The number of ketones is 1. The van der Waals surface area contributed by atoms with Gasteiger partial charge in [-0.25, -0.2) is 8.78 Å². The molecule has 0 radical (unpaired) electrons. The molecule has 17 heavy (non-hydrogen) atoms. The fourth-order valence-electron chi connectivity index (χ4n) is 2.18. The van der Waals surface area contributed by atoms with Crippen LogP contribution in [0.5, 0.6) is 0 Å². The molecule has 5 heteroatoms. The van der Waals surface area contributed by atoms with E-state index in [1.165, 1.54) is 0 Å². The second kappa shape index (κ2) is 5.19. The summed E-state index contributed by atoms with van der Waals surface area (Å²) in [6, 6.07) is -0.424. The highest BCUT2D eigenvalue weighted by atomic mass is 35.5. The average molecular weight is 268 g/mol. The normalized spacial score (nSPS) is 35.1. The van der Waals surface area contributed by atoms with Crippen molar-refractivity contribution >= 4 is 17.4 Å². The molecule has 0 aliphatic carbocycles. The Hall–Kier alpha value is -0.220. The summed E-state index contributed by atoms with van der Waals surface area (Å²) in [5, 5.41) is 2.84. The molecular formula is C12H20ClF2NO. The molecule has 0 amide bonds. The molecule has 100 valence electrons. The fraction of sp³-hybridized carbons (Fsp3) is 0.917. The predicted molar refractivity (Wildman–Crippen MR) is 64.3 cm³/mol. The van der Waals surface area contributed by atoms with E-state index < -0.39 is 29.3 Å². The molecule has 1 saturated heterocycles. The molecule has 2 nitrogen and oxygen atoms in total. The predicted octanol–water partition coefficient (Wildman–Crippen LogP) is 3.05. The third-order valence-corrected chi connectivity index (χ3v) is 3.72. The maximum absolute atomic E-state index is 12.7. The summed E-state index contributed by atoms with van der Waals surface area (Å²) in [5.41, 5.74) is -1.32. The first-order valence-corrected chi connectivity index (χ1v) is 6.31. The minimum absolute atomic E-state index is 0.0309. The Morgan fingerprint density at radius 3 is 2.35 bits per heavy atom. The standard InChI is InChI=1S/C12H20ClF2NO/c1-6-5-7(11(14)15)10(13)16-8(6)9(17)12(2,3)4/h6-8,10-11,16H,5H2,1-4H3. The Kier molecular flexibility index (Phi) is 4.53. The summed E-state index contributed by atoms with van der Waals surface area (Å²) in [5.74, 6) is -0.963. The van der Waals surface area contributed by atoms with Gasteiger partial charge in [-0.15, -0.1) is 11.6 Å². The summed E-state index contributed by atoms with van der Waals surface area (Å²) in [6.45, 7) is 7.30. The number of hydrogen-bond acceptors (Lipinski definition) is 2. The van der Waals surface area contributed by atoms with Gasteiger partial charge in [0.05, 0.1) is 11.5 Å². The van der Waals surface area contributed by atoms with Gasteiger partial charge in [0.2, 0.25) is 6.43 Å². The van der Waals surface area contributed by atoms with Crippen LogP contribution in [-0.4, -0.2) is 23.8 Å². The maximum atomic E-state index is 12.7. The van der Waals surface area contributed by atoms with E-state index in [-0.39, 0.29) is 18.1 Å². The Morgan fingerprint density at radius 2 is 1.94 bits per heavy atom. The molecule has 1 N–H and O–H groups in total. The quantitative estimate of drug-likeness (QED) is 0.615. The zero-order chi connectivity index (χ0) is 13.4. The molecule has 4 atom stereocenters.